The van der Waals surface area contributed by atoms with Gasteiger partial charge in [-0.2, -0.15) is 0 Å². The number of hydrogen-bond acceptors (Lipinski definition) is 6. The number of methoxy groups -OCH3 is 2. The molecule has 0 rings (SSSR count). The molecule has 6 nitrogen and oxygen atoms in total. The van der Waals surface area contributed by atoms with Crippen molar-refractivity contribution in [3.8, 4) is 0 Å². The van der Waals surface area contributed by atoms with Gasteiger partial charge in [0.25, 0.3) is 0 Å². The summed E-state index contributed by atoms with van der Waals surface area (Å²) in [5, 5.41) is 0. The molecule has 0 fully saturated rings. The molecule has 0 aliphatic heterocycles. The highest BCUT2D eigenvalue weighted by atomic mass is 16.5. The van der Waals surface area contributed by atoms with Crippen LogP contribution in [0.25, 0.3) is 0 Å². The predicted octanol–water partition coefficient (Wildman–Crippen LogP) is 2.11. The molecule has 0 amide bonds. The number of hydrogen-bond donors (Lipinski definition) is 0. The van der Waals surface area contributed by atoms with Gasteiger partial charge in [-0.15, -0.1) is 0 Å². The molecular weight excluding hydrogens is 300 g/mol. The van der Waals surface area contributed by atoms with E-state index in [-0.39, 0.29) is 5.57 Å². The van der Waals surface area contributed by atoms with Crippen LogP contribution < -0.4 is 0 Å². The molecule has 0 aromatic heterocycles. The van der Waals surface area contributed by atoms with Gasteiger partial charge >= 0.3 is 11.9 Å². The Morgan fingerprint density at radius 3 is 1.43 bits per heavy atom. The van der Waals surface area contributed by atoms with Crippen molar-refractivity contribution in [2.45, 2.75) is 41.5 Å². The average Bonchev–Trinajstić information content (AvgIpc) is 2.42. The van der Waals surface area contributed by atoms with Gasteiger partial charge in [-0.25, -0.2) is 9.59 Å². The fourth-order valence-corrected chi connectivity index (χ4v) is 1.83. The number of esters is 2. The van der Waals surface area contributed by atoms with E-state index < -0.39 is 40.3 Å². The number of ether oxygens (including phenoxy) is 2. The van der Waals surface area contributed by atoms with Crippen molar-refractivity contribution in [1.29, 1.82) is 0 Å². The van der Waals surface area contributed by atoms with E-state index >= 15 is 0 Å². The van der Waals surface area contributed by atoms with Crippen LogP contribution in [0.3, 0.4) is 0 Å². The van der Waals surface area contributed by atoms with Crippen molar-refractivity contribution in [1.82, 2.24) is 0 Å². The monoisotopic (exact) mass is 326 g/mol. The lowest BCUT2D eigenvalue weighted by atomic mass is 9.71. The van der Waals surface area contributed by atoms with Crippen LogP contribution >= 0.6 is 0 Å². The van der Waals surface area contributed by atoms with Crippen molar-refractivity contribution in [3.63, 3.8) is 0 Å². The summed E-state index contributed by atoms with van der Waals surface area (Å²) in [7, 11) is 2.26. The van der Waals surface area contributed by atoms with Crippen molar-refractivity contribution >= 4 is 23.5 Å². The fourth-order valence-electron chi connectivity index (χ4n) is 1.83. The van der Waals surface area contributed by atoms with Crippen LogP contribution in [-0.4, -0.2) is 37.7 Å². The number of carbonyl (C=O) groups is 4. The second kappa shape index (κ2) is 7.53. The molecule has 6 heteroatoms. The molecular formula is C17H26O6. The lowest BCUT2D eigenvalue weighted by Crippen LogP contribution is -2.42. The zero-order valence-corrected chi connectivity index (χ0v) is 15.1. The summed E-state index contributed by atoms with van der Waals surface area (Å²) in [6.45, 7) is 9.86. The van der Waals surface area contributed by atoms with E-state index in [1.54, 1.807) is 41.5 Å². The Hall–Kier alpha value is -1.98. The Balaban J connectivity index is 6.32. The van der Waals surface area contributed by atoms with Gasteiger partial charge in [0.2, 0.25) is 0 Å². The topological polar surface area (TPSA) is 86.7 Å². The molecule has 0 N–H and O–H groups in total. The quantitative estimate of drug-likeness (QED) is 0.437. The van der Waals surface area contributed by atoms with Gasteiger partial charge in [0.15, 0.2) is 11.6 Å². The molecule has 0 aliphatic carbocycles. The molecule has 0 aliphatic rings. The summed E-state index contributed by atoms with van der Waals surface area (Å²) in [5.74, 6) is -4.05. The van der Waals surface area contributed by atoms with E-state index in [1.807, 2.05) is 0 Å². The standard InChI is InChI=1S/C17H26O6/c1-16(2,3)13(19)12(14(20)17(4,5)6)10(15(21)23-8)9-11(18)22-7/h9,12H,1-8H3/b10-9-. The van der Waals surface area contributed by atoms with Crippen LogP contribution in [0, 0.1) is 16.7 Å². The van der Waals surface area contributed by atoms with E-state index in [0.717, 1.165) is 20.3 Å². The first-order valence-corrected chi connectivity index (χ1v) is 7.23. The molecule has 23 heavy (non-hydrogen) atoms. The number of ketones is 2. The summed E-state index contributed by atoms with van der Waals surface area (Å²) < 4.78 is 9.16. The number of carbonyl (C=O) groups excluding carboxylic acids is 4. The van der Waals surface area contributed by atoms with E-state index in [1.165, 1.54) is 0 Å². The predicted molar refractivity (Wildman–Crippen MR) is 84.5 cm³/mol. The van der Waals surface area contributed by atoms with Gasteiger partial charge in [0, 0.05) is 16.9 Å². The minimum Gasteiger partial charge on any atom is -0.466 e. The highest BCUT2D eigenvalue weighted by Gasteiger charge is 2.44. The molecule has 0 heterocycles. The molecule has 0 spiro atoms. The maximum Gasteiger partial charge on any atom is 0.335 e. The van der Waals surface area contributed by atoms with Crippen LogP contribution in [0.4, 0.5) is 0 Å². The van der Waals surface area contributed by atoms with E-state index in [9.17, 15) is 19.2 Å². The Bertz CT molecular complexity index is 502. The Kier molecular flexibility index (Phi) is 6.88. The van der Waals surface area contributed by atoms with Crippen LogP contribution in [0.2, 0.25) is 0 Å². The van der Waals surface area contributed by atoms with Gasteiger partial charge < -0.3 is 9.47 Å². The molecule has 130 valence electrons. The normalized spacial score (nSPS) is 12.8. The molecule has 0 aromatic rings. The molecule has 0 radical (unpaired) electrons. The fraction of sp³-hybridized carbons (Fsp3) is 0.647. The smallest absolute Gasteiger partial charge is 0.335 e. The second-order valence-electron chi connectivity index (χ2n) is 7.28. The lowest BCUT2D eigenvalue weighted by Gasteiger charge is -2.29. The van der Waals surface area contributed by atoms with E-state index in [4.69, 9.17) is 0 Å². The zero-order valence-electron chi connectivity index (χ0n) is 15.1. The minimum absolute atomic E-state index is 0.306. The van der Waals surface area contributed by atoms with Gasteiger partial charge in [0.1, 0.15) is 5.92 Å². The first-order chi connectivity index (χ1) is 10.3. The zero-order chi connectivity index (χ0) is 18.6. The highest BCUT2D eigenvalue weighted by molar-refractivity contribution is 6.15. The summed E-state index contributed by atoms with van der Waals surface area (Å²) >= 11 is 0. The average molecular weight is 326 g/mol. The Morgan fingerprint density at radius 2 is 1.17 bits per heavy atom. The summed E-state index contributed by atoms with van der Waals surface area (Å²) in [5.41, 5.74) is -2.07. The number of Topliss-reactive ketones (excluding diaryl/α,β-unsaturated/α-hetero) is 2. The Labute approximate surface area is 137 Å². The maximum absolute atomic E-state index is 12.8. The van der Waals surface area contributed by atoms with E-state index in [0.29, 0.717) is 0 Å². The van der Waals surface area contributed by atoms with Crippen LogP contribution in [0.15, 0.2) is 11.6 Å². The SMILES string of the molecule is COC(=O)/C=C(\C(=O)OC)C(C(=O)C(C)(C)C)C(=O)C(C)(C)C. The first-order valence-electron chi connectivity index (χ1n) is 7.23. The van der Waals surface area contributed by atoms with E-state index in [2.05, 4.69) is 9.47 Å². The molecule has 0 bridgehead atoms. The van der Waals surface area contributed by atoms with Crippen LogP contribution in [0.5, 0.6) is 0 Å². The van der Waals surface area contributed by atoms with Crippen LogP contribution in [-0.2, 0) is 28.7 Å². The molecule has 0 saturated carbocycles. The Morgan fingerprint density at radius 1 is 0.783 bits per heavy atom. The maximum atomic E-state index is 12.8. The third kappa shape index (κ3) is 5.62. The largest absolute Gasteiger partial charge is 0.466 e. The summed E-state index contributed by atoms with van der Waals surface area (Å²) in [4.78, 5) is 49.2. The summed E-state index contributed by atoms with van der Waals surface area (Å²) in [6.07, 6.45) is 0.851. The lowest BCUT2D eigenvalue weighted by molar-refractivity contribution is -0.145. The van der Waals surface area contributed by atoms with Crippen molar-refractivity contribution in [2.75, 3.05) is 14.2 Å². The minimum atomic E-state index is -1.39. The van der Waals surface area contributed by atoms with Crippen molar-refractivity contribution < 1.29 is 28.7 Å². The molecule has 0 atom stereocenters. The molecule has 0 saturated heterocycles. The van der Waals surface area contributed by atoms with Crippen molar-refractivity contribution in [2.24, 2.45) is 16.7 Å². The van der Waals surface area contributed by atoms with Gasteiger partial charge in [0.05, 0.1) is 19.8 Å². The third-order valence-electron chi connectivity index (χ3n) is 3.21. The second-order valence-corrected chi connectivity index (χ2v) is 7.28. The van der Waals surface area contributed by atoms with Crippen LogP contribution in [0.1, 0.15) is 41.5 Å². The molecule has 0 unspecified atom stereocenters. The summed E-state index contributed by atoms with van der Waals surface area (Å²) in [6, 6.07) is 0. The highest BCUT2D eigenvalue weighted by Crippen LogP contribution is 2.32. The molecule has 0 aromatic carbocycles. The number of rotatable bonds is 5. The van der Waals surface area contributed by atoms with Gasteiger partial charge in [-0.3, -0.25) is 9.59 Å². The van der Waals surface area contributed by atoms with Gasteiger partial charge in [-0.05, 0) is 0 Å². The van der Waals surface area contributed by atoms with Gasteiger partial charge in [-0.1, -0.05) is 41.5 Å². The van der Waals surface area contributed by atoms with Crippen molar-refractivity contribution in [3.05, 3.63) is 11.6 Å². The first kappa shape index (κ1) is 21.0. The third-order valence-corrected chi connectivity index (χ3v) is 3.21.